The quantitative estimate of drug-likeness (QED) is 0.798. The highest BCUT2D eigenvalue weighted by molar-refractivity contribution is 7.99. The number of hydrogen-bond acceptors (Lipinski definition) is 5. The average Bonchev–Trinajstić information content (AvgIpc) is 2.97. The molecule has 2 heterocycles. The van der Waals surface area contributed by atoms with Gasteiger partial charge in [0.25, 0.3) is 5.56 Å². The Bertz CT molecular complexity index is 769. The van der Waals surface area contributed by atoms with Crippen LogP contribution in [0.2, 0.25) is 0 Å². The van der Waals surface area contributed by atoms with Gasteiger partial charge in [0.1, 0.15) is 6.73 Å². The number of fused-ring (bicyclic) bond motifs is 1. The van der Waals surface area contributed by atoms with E-state index in [1.165, 1.54) is 4.57 Å². The fraction of sp³-hybridized carbons (Fsp3) is 0.333. The third kappa shape index (κ3) is 2.75. The summed E-state index contributed by atoms with van der Waals surface area (Å²) in [6.45, 7) is 0.0673. The molecule has 0 fully saturated rings. The van der Waals surface area contributed by atoms with Crippen LogP contribution in [0, 0.1) is 0 Å². The molecule has 0 aliphatic carbocycles. The molecule has 0 spiro atoms. The van der Waals surface area contributed by atoms with Gasteiger partial charge in [-0.3, -0.25) is 14.3 Å². The number of aromatic amines is 1. The van der Waals surface area contributed by atoms with Crippen LogP contribution in [0.25, 0.3) is 0 Å². The molecule has 22 heavy (non-hydrogen) atoms. The second kappa shape index (κ2) is 6.51. The molecule has 0 saturated carbocycles. The van der Waals surface area contributed by atoms with Gasteiger partial charge in [0, 0.05) is 11.4 Å². The average molecular weight is 320 g/mol. The van der Waals surface area contributed by atoms with Gasteiger partial charge in [-0.1, -0.05) is 30.3 Å². The number of nitrogens with one attached hydrogen (secondary N) is 1. The number of rotatable bonds is 5. The highest BCUT2D eigenvalue weighted by Gasteiger charge is 2.30. The van der Waals surface area contributed by atoms with Crippen molar-refractivity contribution in [1.82, 2.24) is 9.55 Å². The molecule has 0 radical (unpaired) electrons. The zero-order chi connectivity index (χ0) is 15.5. The molecule has 0 amide bonds. The largest absolute Gasteiger partial charge is 0.394 e. The molecule has 6 nitrogen and oxygen atoms in total. The smallest absolute Gasteiger partial charge is 0.330 e. The van der Waals surface area contributed by atoms with E-state index in [9.17, 15) is 9.59 Å². The normalized spacial score (nSPS) is 16.7. The maximum absolute atomic E-state index is 12.2. The molecule has 1 atom stereocenters. The van der Waals surface area contributed by atoms with Gasteiger partial charge in [-0.05, 0) is 5.56 Å². The number of aliphatic hydroxyl groups excluding tert-OH is 1. The summed E-state index contributed by atoms with van der Waals surface area (Å²) in [5.41, 5.74) is 1.54. The lowest BCUT2D eigenvalue weighted by molar-refractivity contribution is 0.0445. The summed E-state index contributed by atoms with van der Waals surface area (Å²) < 4.78 is 6.67. The second-order valence-corrected chi connectivity index (χ2v) is 6.00. The zero-order valence-corrected chi connectivity index (χ0v) is 12.6. The molecule has 0 saturated heterocycles. The van der Waals surface area contributed by atoms with E-state index < -0.39 is 5.69 Å². The maximum Gasteiger partial charge on any atom is 0.330 e. The Balaban J connectivity index is 2.03. The standard InChI is InChI=1S/C15H16N2O4S/c18-6-7-21-9-17-11-8-22-13(10-4-2-1-3-5-10)12(11)14(19)16-15(17)20/h1-5,13,18H,6-9H2,(H,16,19,20). The van der Waals surface area contributed by atoms with Crippen LogP contribution in [0.15, 0.2) is 39.9 Å². The molecule has 1 aliphatic heterocycles. The van der Waals surface area contributed by atoms with E-state index in [1.807, 2.05) is 30.3 Å². The van der Waals surface area contributed by atoms with Gasteiger partial charge in [-0.2, -0.15) is 0 Å². The number of thioether (sulfide) groups is 1. The summed E-state index contributed by atoms with van der Waals surface area (Å²) in [7, 11) is 0. The van der Waals surface area contributed by atoms with Crippen molar-refractivity contribution in [1.29, 1.82) is 0 Å². The number of benzene rings is 1. The number of aromatic nitrogens is 2. The molecule has 1 aromatic carbocycles. The van der Waals surface area contributed by atoms with Crippen molar-refractivity contribution in [3.8, 4) is 0 Å². The van der Waals surface area contributed by atoms with Gasteiger partial charge in [0.2, 0.25) is 0 Å². The monoisotopic (exact) mass is 320 g/mol. The van der Waals surface area contributed by atoms with Gasteiger partial charge < -0.3 is 9.84 Å². The lowest BCUT2D eigenvalue weighted by Gasteiger charge is -2.13. The Morgan fingerprint density at radius 1 is 1.32 bits per heavy atom. The van der Waals surface area contributed by atoms with E-state index in [-0.39, 0.29) is 30.8 Å². The number of H-pyrrole nitrogens is 1. The Hall–Kier alpha value is -1.83. The van der Waals surface area contributed by atoms with Crippen molar-refractivity contribution in [2.24, 2.45) is 0 Å². The van der Waals surface area contributed by atoms with E-state index in [0.717, 1.165) is 5.56 Å². The maximum atomic E-state index is 12.2. The van der Waals surface area contributed by atoms with Crippen molar-refractivity contribution in [2.45, 2.75) is 17.7 Å². The minimum absolute atomic E-state index is 0.0283. The molecule has 1 unspecified atom stereocenters. The van der Waals surface area contributed by atoms with Crippen molar-refractivity contribution in [2.75, 3.05) is 13.2 Å². The predicted molar refractivity (Wildman–Crippen MR) is 83.9 cm³/mol. The molecule has 116 valence electrons. The van der Waals surface area contributed by atoms with Gasteiger partial charge in [-0.25, -0.2) is 4.79 Å². The predicted octanol–water partition coefficient (Wildman–Crippen LogP) is 0.839. The molecule has 1 aliphatic rings. The minimum atomic E-state index is -0.476. The molecular weight excluding hydrogens is 304 g/mol. The van der Waals surface area contributed by atoms with E-state index in [1.54, 1.807) is 11.8 Å². The zero-order valence-electron chi connectivity index (χ0n) is 11.8. The first-order valence-electron chi connectivity index (χ1n) is 6.93. The number of nitrogens with zero attached hydrogens (tertiary/aromatic N) is 1. The topological polar surface area (TPSA) is 84.3 Å². The van der Waals surface area contributed by atoms with Crippen molar-refractivity contribution < 1.29 is 9.84 Å². The van der Waals surface area contributed by atoms with Crippen molar-refractivity contribution in [3.05, 3.63) is 68.0 Å². The van der Waals surface area contributed by atoms with E-state index in [0.29, 0.717) is 17.0 Å². The van der Waals surface area contributed by atoms with Gasteiger partial charge >= 0.3 is 5.69 Å². The van der Waals surface area contributed by atoms with E-state index in [4.69, 9.17) is 9.84 Å². The molecule has 3 rings (SSSR count). The first-order chi connectivity index (χ1) is 10.7. The second-order valence-electron chi connectivity index (χ2n) is 4.91. The van der Waals surface area contributed by atoms with Crippen LogP contribution < -0.4 is 11.2 Å². The Morgan fingerprint density at radius 3 is 2.82 bits per heavy atom. The van der Waals surface area contributed by atoms with Gasteiger partial charge in [-0.15, -0.1) is 11.8 Å². The van der Waals surface area contributed by atoms with Crippen LogP contribution in [0.5, 0.6) is 0 Å². The molecular formula is C15H16N2O4S. The lowest BCUT2D eigenvalue weighted by Crippen LogP contribution is -2.35. The Kier molecular flexibility index (Phi) is 4.47. The third-order valence-electron chi connectivity index (χ3n) is 3.55. The summed E-state index contributed by atoms with van der Waals surface area (Å²) >= 11 is 1.62. The van der Waals surface area contributed by atoms with Crippen LogP contribution in [0.4, 0.5) is 0 Å². The van der Waals surface area contributed by atoms with Crippen LogP contribution in [-0.2, 0) is 17.2 Å². The lowest BCUT2D eigenvalue weighted by atomic mass is 10.0. The molecule has 2 aromatic rings. The molecule has 1 aromatic heterocycles. The SMILES string of the molecule is O=c1[nH]c(=O)n(COCCO)c2c1C(c1ccccc1)SC2. The van der Waals surface area contributed by atoms with Crippen LogP contribution in [0.3, 0.4) is 0 Å². The fourth-order valence-electron chi connectivity index (χ4n) is 2.55. The minimum Gasteiger partial charge on any atom is -0.394 e. The van der Waals surface area contributed by atoms with Gasteiger partial charge in [0.15, 0.2) is 0 Å². The summed E-state index contributed by atoms with van der Waals surface area (Å²) in [6, 6.07) is 9.75. The van der Waals surface area contributed by atoms with Crippen LogP contribution in [-0.4, -0.2) is 27.9 Å². The van der Waals surface area contributed by atoms with E-state index >= 15 is 0 Å². The van der Waals surface area contributed by atoms with E-state index in [2.05, 4.69) is 4.98 Å². The highest BCUT2D eigenvalue weighted by Crippen LogP contribution is 2.43. The molecule has 0 bridgehead atoms. The van der Waals surface area contributed by atoms with Crippen LogP contribution >= 0.6 is 11.8 Å². The number of ether oxygens (including phenoxy) is 1. The Morgan fingerprint density at radius 2 is 2.09 bits per heavy atom. The first kappa shape index (κ1) is 15.1. The third-order valence-corrected chi connectivity index (χ3v) is 4.84. The van der Waals surface area contributed by atoms with Crippen LogP contribution in [0.1, 0.15) is 22.1 Å². The fourth-order valence-corrected chi connectivity index (χ4v) is 3.95. The Labute approximate surface area is 130 Å². The highest BCUT2D eigenvalue weighted by atomic mass is 32.2. The summed E-state index contributed by atoms with van der Waals surface area (Å²) in [4.78, 5) is 26.6. The van der Waals surface area contributed by atoms with Crippen molar-refractivity contribution in [3.63, 3.8) is 0 Å². The summed E-state index contributed by atoms with van der Waals surface area (Å²) in [5.74, 6) is 0.580. The summed E-state index contributed by atoms with van der Waals surface area (Å²) in [5, 5.41) is 8.69. The molecule has 2 N–H and O–H groups in total. The first-order valence-corrected chi connectivity index (χ1v) is 7.98. The van der Waals surface area contributed by atoms with Crippen molar-refractivity contribution >= 4 is 11.8 Å². The number of hydrogen-bond donors (Lipinski definition) is 2. The summed E-state index contributed by atoms with van der Waals surface area (Å²) in [6.07, 6.45) is 0. The molecule has 7 heteroatoms. The number of aliphatic hydroxyl groups is 1. The van der Waals surface area contributed by atoms with Gasteiger partial charge in [0.05, 0.1) is 24.0 Å².